The van der Waals surface area contributed by atoms with Crippen LogP contribution in [0, 0.1) is 0 Å². The van der Waals surface area contributed by atoms with Crippen molar-refractivity contribution in [2.75, 3.05) is 0 Å². The molecule has 0 aliphatic carbocycles. The lowest BCUT2D eigenvalue weighted by molar-refractivity contribution is 0.669. The number of benzene rings is 12. The van der Waals surface area contributed by atoms with Gasteiger partial charge in [0.1, 0.15) is 11.2 Å². The average molecular weight is 773 g/mol. The van der Waals surface area contributed by atoms with E-state index in [0.717, 1.165) is 16.6 Å². The Hall–Kier alpha value is -8.00. The van der Waals surface area contributed by atoms with E-state index in [2.05, 4.69) is 218 Å². The molecule has 1 heteroatoms. The summed E-state index contributed by atoms with van der Waals surface area (Å²) in [5.41, 5.74) is 11.5. The molecular weight excluding hydrogens is 737 g/mol. The second-order valence-corrected chi connectivity index (χ2v) is 16.3. The van der Waals surface area contributed by atoms with Crippen LogP contribution in [0.1, 0.15) is 0 Å². The Morgan fingerprint density at radius 3 is 1.31 bits per heavy atom. The number of fused-ring (bicyclic) bond motifs is 13. The zero-order valence-electron chi connectivity index (χ0n) is 33.2. The Kier molecular flexibility index (Phi) is 7.37. The summed E-state index contributed by atoms with van der Waals surface area (Å²) in [7, 11) is 0. The fourth-order valence-electron chi connectivity index (χ4n) is 10.4. The van der Waals surface area contributed by atoms with Crippen LogP contribution in [0.2, 0.25) is 0 Å². The van der Waals surface area contributed by atoms with E-state index in [4.69, 9.17) is 4.42 Å². The Bertz CT molecular complexity index is 3830. The van der Waals surface area contributed by atoms with Crippen LogP contribution in [0.4, 0.5) is 0 Å². The van der Waals surface area contributed by atoms with Gasteiger partial charge >= 0.3 is 0 Å². The molecule has 0 radical (unpaired) electrons. The molecule has 0 unspecified atom stereocenters. The lowest BCUT2D eigenvalue weighted by Gasteiger charge is -2.19. The van der Waals surface area contributed by atoms with Crippen molar-refractivity contribution in [3.05, 3.63) is 218 Å². The Morgan fingerprint density at radius 2 is 0.672 bits per heavy atom. The molecule has 13 aromatic rings. The minimum atomic E-state index is 0.905. The molecule has 13 rings (SSSR count). The monoisotopic (exact) mass is 772 g/mol. The van der Waals surface area contributed by atoms with Crippen LogP contribution in [0.25, 0.3) is 131 Å². The molecular formula is C60H36O. The predicted octanol–water partition coefficient (Wildman–Crippen LogP) is 17.2. The summed E-state index contributed by atoms with van der Waals surface area (Å²) in [5.74, 6) is 0. The Labute approximate surface area is 352 Å². The molecule has 61 heavy (non-hydrogen) atoms. The van der Waals surface area contributed by atoms with E-state index in [9.17, 15) is 0 Å². The third-order valence-corrected chi connectivity index (χ3v) is 13.1. The van der Waals surface area contributed by atoms with Gasteiger partial charge < -0.3 is 4.42 Å². The van der Waals surface area contributed by atoms with E-state index in [1.807, 2.05) is 0 Å². The Morgan fingerprint density at radius 1 is 0.230 bits per heavy atom. The van der Waals surface area contributed by atoms with E-state index >= 15 is 0 Å². The predicted molar refractivity (Wildman–Crippen MR) is 260 cm³/mol. The van der Waals surface area contributed by atoms with Crippen molar-refractivity contribution in [3.8, 4) is 44.5 Å². The van der Waals surface area contributed by atoms with E-state index in [-0.39, 0.29) is 0 Å². The van der Waals surface area contributed by atoms with E-state index in [0.29, 0.717) is 0 Å². The van der Waals surface area contributed by atoms with Gasteiger partial charge in [-0.05, 0) is 127 Å². The van der Waals surface area contributed by atoms with Gasteiger partial charge in [-0.3, -0.25) is 0 Å². The summed E-state index contributed by atoms with van der Waals surface area (Å²) in [5, 5.41) is 17.4. The van der Waals surface area contributed by atoms with E-state index < -0.39 is 0 Å². The molecule has 0 fully saturated rings. The number of rotatable bonds is 4. The molecule has 0 aliphatic rings. The minimum absolute atomic E-state index is 0.905. The SMILES string of the molecule is c1ccc(-c2ccc3c4ccccc4c4ccccc4c3c2)c(-c2ccc(-c3c4ccccc4c(-c4cccc5oc6ccc7ccccc7c6c45)c4ccccc34)cc2)c1. The summed E-state index contributed by atoms with van der Waals surface area (Å²) in [4.78, 5) is 0. The first-order chi connectivity index (χ1) is 30.3. The van der Waals surface area contributed by atoms with Crippen LogP contribution >= 0.6 is 0 Å². The molecule has 0 spiro atoms. The maximum absolute atomic E-state index is 6.58. The maximum Gasteiger partial charge on any atom is 0.136 e. The zero-order valence-corrected chi connectivity index (χ0v) is 33.2. The molecule has 0 amide bonds. The fraction of sp³-hybridized carbons (Fsp3) is 0. The van der Waals surface area contributed by atoms with Gasteiger partial charge in [-0.2, -0.15) is 0 Å². The van der Waals surface area contributed by atoms with Gasteiger partial charge in [0.05, 0.1) is 0 Å². The summed E-state index contributed by atoms with van der Waals surface area (Å²) in [6.07, 6.45) is 0. The van der Waals surface area contributed by atoms with Gasteiger partial charge in [0.2, 0.25) is 0 Å². The van der Waals surface area contributed by atoms with Crippen molar-refractivity contribution in [1.29, 1.82) is 0 Å². The van der Waals surface area contributed by atoms with Crippen molar-refractivity contribution in [1.82, 2.24) is 0 Å². The molecule has 0 saturated carbocycles. The van der Waals surface area contributed by atoms with Crippen LogP contribution in [-0.2, 0) is 0 Å². The largest absolute Gasteiger partial charge is 0.456 e. The molecule has 0 N–H and O–H groups in total. The van der Waals surface area contributed by atoms with Crippen molar-refractivity contribution < 1.29 is 4.42 Å². The summed E-state index contributed by atoms with van der Waals surface area (Å²) >= 11 is 0. The quantitative estimate of drug-likeness (QED) is 0.128. The zero-order chi connectivity index (χ0) is 40.0. The van der Waals surface area contributed by atoms with Crippen LogP contribution in [0.5, 0.6) is 0 Å². The molecule has 0 bridgehead atoms. The summed E-state index contributed by atoms with van der Waals surface area (Å²) in [6.45, 7) is 0. The van der Waals surface area contributed by atoms with Crippen LogP contribution in [-0.4, -0.2) is 0 Å². The highest BCUT2D eigenvalue weighted by molar-refractivity contribution is 6.29. The number of hydrogen-bond donors (Lipinski definition) is 0. The third-order valence-electron chi connectivity index (χ3n) is 13.1. The van der Waals surface area contributed by atoms with Gasteiger partial charge in [-0.1, -0.05) is 200 Å². The second kappa shape index (κ2) is 13.3. The lowest BCUT2D eigenvalue weighted by Crippen LogP contribution is -1.92. The van der Waals surface area contributed by atoms with Crippen LogP contribution in [0.3, 0.4) is 0 Å². The van der Waals surface area contributed by atoms with Crippen molar-refractivity contribution in [2.24, 2.45) is 0 Å². The molecule has 0 aliphatic heterocycles. The van der Waals surface area contributed by atoms with E-state index in [1.165, 1.54) is 115 Å². The molecule has 0 atom stereocenters. The first kappa shape index (κ1) is 33.9. The highest BCUT2D eigenvalue weighted by atomic mass is 16.3. The first-order valence-corrected chi connectivity index (χ1v) is 21.1. The van der Waals surface area contributed by atoms with Gasteiger partial charge in [0.15, 0.2) is 0 Å². The Balaban J connectivity index is 0.979. The normalized spacial score (nSPS) is 11.9. The van der Waals surface area contributed by atoms with E-state index in [1.54, 1.807) is 0 Å². The fourth-order valence-corrected chi connectivity index (χ4v) is 10.4. The van der Waals surface area contributed by atoms with Crippen molar-refractivity contribution in [2.45, 2.75) is 0 Å². The first-order valence-electron chi connectivity index (χ1n) is 21.1. The number of furan rings is 1. The highest BCUT2D eigenvalue weighted by Gasteiger charge is 2.21. The summed E-state index contributed by atoms with van der Waals surface area (Å²) in [6, 6.07) is 80.0. The maximum atomic E-state index is 6.58. The highest BCUT2D eigenvalue weighted by Crippen LogP contribution is 2.48. The van der Waals surface area contributed by atoms with Crippen LogP contribution < -0.4 is 0 Å². The second-order valence-electron chi connectivity index (χ2n) is 16.3. The van der Waals surface area contributed by atoms with Gasteiger partial charge in [-0.15, -0.1) is 0 Å². The van der Waals surface area contributed by atoms with Gasteiger partial charge in [0, 0.05) is 10.8 Å². The molecule has 1 aromatic heterocycles. The standard InChI is InChI=1S/C60H36O/c1-2-17-43-37(14-1)33-35-56-59(43)60-53(26-13-27-55(60)61-56)58-51-24-11-9-22-49(51)57(50-23-10-12-25-52(50)58)39-30-28-38(29-31-39)41-15-3-4-16-42(41)40-32-34-48-46-20-6-5-18-44(46)45-19-7-8-21-47(45)54(48)36-40/h1-36H. The molecule has 282 valence electrons. The molecule has 1 nitrogen and oxygen atoms in total. The summed E-state index contributed by atoms with van der Waals surface area (Å²) < 4.78 is 6.58. The van der Waals surface area contributed by atoms with Gasteiger partial charge in [0.25, 0.3) is 0 Å². The molecule has 1 heterocycles. The van der Waals surface area contributed by atoms with Crippen molar-refractivity contribution in [3.63, 3.8) is 0 Å². The minimum Gasteiger partial charge on any atom is -0.456 e. The van der Waals surface area contributed by atoms with Crippen molar-refractivity contribution >= 4 is 86.6 Å². The van der Waals surface area contributed by atoms with Gasteiger partial charge in [-0.25, -0.2) is 0 Å². The average Bonchev–Trinajstić information content (AvgIpc) is 3.73. The lowest BCUT2D eigenvalue weighted by atomic mass is 9.84. The topological polar surface area (TPSA) is 13.1 Å². The smallest absolute Gasteiger partial charge is 0.136 e. The third kappa shape index (κ3) is 5.08. The molecule has 0 saturated heterocycles. The number of hydrogen-bond acceptors (Lipinski definition) is 1. The van der Waals surface area contributed by atoms with Crippen LogP contribution in [0.15, 0.2) is 223 Å². The molecule has 12 aromatic carbocycles.